The van der Waals surface area contributed by atoms with Gasteiger partial charge in [0, 0.05) is 17.0 Å². The average molecular weight is 270 g/mol. The highest BCUT2D eigenvalue weighted by atomic mass is 79.9. The first-order chi connectivity index (χ1) is 7.11. The van der Waals surface area contributed by atoms with Gasteiger partial charge in [0.15, 0.2) is 0 Å². The van der Waals surface area contributed by atoms with Gasteiger partial charge in [0.05, 0.1) is 5.41 Å². The largest absolute Gasteiger partial charge is 0.396 e. The summed E-state index contributed by atoms with van der Waals surface area (Å²) in [5.74, 6) is -0.371. The van der Waals surface area contributed by atoms with E-state index in [2.05, 4.69) is 15.9 Å². The van der Waals surface area contributed by atoms with Crippen LogP contribution in [0.3, 0.4) is 0 Å². The number of benzene rings is 1. The van der Waals surface area contributed by atoms with E-state index in [1.165, 1.54) is 0 Å². The van der Waals surface area contributed by atoms with Gasteiger partial charge in [-0.25, -0.2) is 0 Å². The van der Waals surface area contributed by atoms with Crippen molar-refractivity contribution in [3.05, 3.63) is 34.3 Å². The predicted octanol–water partition coefficient (Wildman–Crippen LogP) is 1.18. The first kappa shape index (κ1) is 10.6. The highest BCUT2D eigenvalue weighted by Gasteiger charge is 2.59. The van der Waals surface area contributed by atoms with Crippen LogP contribution in [0.5, 0.6) is 0 Å². The second-order valence-electron chi connectivity index (χ2n) is 3.93. The molecule has 2 rings (SSSR count). The molecule has 0 heterocycles. The molecule has 1 aliphatic carbocycles. The van der Waals surface area contributed by atoms with E-state index in [0.29, 0.717) is 6.42 Å². The Morgan fingerprint density at radius 2 is 2.40 bits per heavy atom. The molecular weight excluding hydrogens is 258 g/mol. The Morgan fingerprint density at radius 1 is 1.67 bits per heavy atom. The second-order valence-corrected chi connectivity index (χ2v) is 4.85. The van der Waals surface area contributed by atoms with Crippen LogP contribution in [0.2, 0.25) is 0 Å². The van der Waals surface area contributed by atoms with Crippen LogP contribution in [0.1, 0.15) is 12.0 Å². The fourth-order valence-electron chi connectivity index (χ4n) is 2.11. The fraction of sp³-hybridized carbons (Fsp3) is 0.364. The highest BCUT2D eigenvalue weighted by molar-refractivity contribution is 9.10. The lowest BCUT2D eigenvalue weighted by molar-refractivity contribution is -0.120. The molecule has 3 N–H and O–H groups in total. The SMILES string of the molecule is NC(=O)[C@@]1(c2cccc(Br)c2)C[C@H]1CO. The smallest absolute Gasteiger partial charge is 0.228 e. The van der Waals surface area contributed by atoms with Gasteiger partial charge in [0.25, 0.3) is 0 Å². The quantitative estimate of drug-likeness (QED) is 0.866. The minimum absolute atomic E-state index is 0.00938. The highest BCUT2D eigenvalue weighted by Crippen LogP contribution is 2.54. The first-order valence-electron chi connectivity index (χ1n) is 4.78. The number of rotatable bonds is 3. The Labute approximate surface area is 96.4 Å². The Balaban J connectivity index is 2.40. The van der Waals surface area contributed by atoms with Crippen LogP contribution in [0.25, 0.3) is 0 Å². The van der Waals surface area contributed by atoms with Crippen LogP contribution in [0.4, 0.5) is 0 Å². The molecule has 80 valence electrons. The van der Waals surface area contributed by atoms with Gasteiger partial charge in [-0.05, 0) is 24.1 Å². The first-order valence-corrected chi connectivity index (χ1v) is 5.57. The number of carbonyl (C=O) groups is 1. The predicted molar refractivity (Wildman–Crippen MR) is 60.2 cm³/mol. The molecule has 15 heavy (non-hydrogen) atoms. The summed E-state index contributed by atoms with van der Waals surface area (Å²) in [7, 11) is 0. The molecule has 1 saturated carbocycles. The van der Waals surface area contributed by atoms with Gasteiger partial charge in [-0.2, -0.15) is 0 Å². The molecule has 1 aromatic carbocycles. The maximum absolute atomic E-state index is 11.5. The van der Waals surface area contributed by atoms with Gasteiger partial charge in [0.2, 0.25) is 5.91 Å². The van der Waals surface area contributed by atoms with Gasteiger partial charge >= 0.3 is 0 Å². The maximum Gasteiger partial charge on any atom is 0.228 e. The van der Waals surface area contributed by atoms with Crippen molar-refractivity contribution in [2.75, 3.05) is 6.61 Å². The molecule has 0 aromatic heterocycles. The standard InChI is InChI=1S/C11H12BrNO2/c12-9-3-1-2-7(4-9)11(10(13)15)5-8(11)6-14/h1-4,8,14H,5-6H2,(H2,13,15)/t8-,11+/m0/s1. The summed E-state index contributed by atoms with van der Waals surface area (Å²) in [4.78, 5) is 11.5. The molecule has 0 radical (unpaired) electrons. The molecule has 1 amide bonds. The lowest BCUT2D eigenvalue weighted by Gasteiger charge is -2.13. The van der Waals surface area contributed by atoms with E-state index in [-0.39, 0.29) is 18.4 Å². The van der Waals surface area contributed by atoms with Crippen molar-refractivity contribution < 1.29 is 9.90 Å². The van der Waals surface area contributed by atoms with Gasteiger partial charge in [-0.1, -0.05) is 28.1 Å². The number of hydrogen-bond donors (Lipinski definition) is 2. The number of aliphatic hydroxyl groups excluding tert-OH is 1. The number of carbonyl (C=O) groups excluding carboxylic acids is 1. The monoisotopic (exact) mass is 269 g/mol. The maximum atomic E-state index is 11.5. The van der Waals surface area contributed by atoms with Crippen molar-refractivity contribution in [3.63, 3.8) is 0 Å². The van der Waals surface area contributed by atoms with Gasteiger partial charge in [-0.15, -0.1) is 0 Å². The number of amides is 1. The summed E-state index contributed by atoms with van der Waals surface area (Å²) in [5.41, 5.74) is 5.67. The van der Waals surface area contributed by atoms with Crippen molar-refractivity contribution in [1.29, 1.82) is 0 Å². The Morgan fingerprint density at radius 3 is 2.87 bits per heavy atom. The molecule has 0 bridgehead atoms. The van der Waals surface area contributed by atoms with E-state index in [0.717, 1.165) is 10.0 Å². The Bertz CT molecular complexity index is 407. The third-order valence-corrected chi connectivity index (χ3v) is 3.60. The summed E-state index contributed by atoms with van der Waals surface area (Å²) in [5, 5.41) is 9.10. The molecule has 1 aliphatic rings. The number of nitrogens with two attached hydrogens (primary N) is 1. The second kappa shape index (κ2) is 3.61. The molecule has 0 saturated heterocycles. The summed E-state index contributed by atoms with van der Waals surface area (Å²) in [6, 6.07) is 7.54. The van der Waals surface area contributed by atoms with E-state index < -0.39 is 5.41 Å². The minimum atomic E-state index is -0.640. The summed E-state index contributed by atoms with van der Waals surface area (Å²) >= 11 is 3.36. The van der Waals surface area contributed by atoms with Crippen LogP contribution in [-0.4, -0.2) is 17.6 Å². The number of aliphatic hydroxyl groups is 1. The average Bonchev–Trinajstić information content (AvgIpc) is 2.93. The van der Waals surface area contributed by atoms with Crippen molar-refractivity contribution in [2.24, 2.45) is 11.7 Å². The molecule has 0 aliphatic heterocycles. The zero-order valence-corrected chi connectivity index (χ0v) is 9.70. The Kier molecular flexibility index (Phi) is 2.56. The normalized spacial score (nSPS) is 28.8. The van der Waals surface area contributed by atoms with Crippen LogP contribution < -0.4 is 5.73 Å². The summed E-state index contributed by atoms with van der Waals surface area (Å²) < 4.78 is 0.921. The molecule has 0 spiro atoms. The number of primary amides is 1. The topological polar surface area (TPSA) is 63.3 Å². The van der Waals surface area contributed by atoms with Crippen LogP contribution >= 0.6 is 15.9 Å². The van der Waals surface area contributed by atoms with Gasteiger partial charge in [0.1, 0.15) is 0 Å². The van der Waals surface area contributed by atoms with E-state index in [1.54, 1.807) is 0 Å². The zero-order valence-electron chi connectivity index (χ0n) is 8.11. The van der Waals surface area contributed by atoms with E-state index in [9.17, 15) is 4.79 Å². The molecule has 3 nitrogen and oxygen atoms in total. The third-order valence-electron chi connectivity index (χ3n) is 3.10. The molecule has 0 unspecified atom stereocenters. The minimum Gasteiger partial charge on any atom is -0.396 e. The molecular formula is C11H12BrNO2. The van der Waals surface area contributed by atoms with E-state index >= 15 is 0 Å². The summed E-state index contributed by atoms with van der Waals surface area (Å²) in [6.07, 6.45) is 0.648. The van der Waals surface area contributed by atoms with E-state index in [1.807, 2.05) is 24.3 Å². The third kappa shape index (κ3) is 1.58. The summed E-state index contributed by atoms with van der Waals surface area (Å²) in [6.45, 7) is 0.00938. The van der Waals surface area contributed by atoms with Crippen LogP contribution in [0, 0.1) is 5.92 Å². The van der Waals surface area contributed by atoms with Crippen molar-refractivity contribution in [3.8, 4) is 0 Å². The van der Waals surface area contributed by atoms with Crippen molar-refractivity contribution in [2.45, 2.75) is 11.8 Å². The molecule has 4 heteroatoms. The zero-order chi connectivity index (χ0) is 11.1. The van der Waals surface area contributed by atoms with Crippen LogP contribution in [0.15, 0.2) is 28.7 Å². The lowest BCUT2D eigenvalue weighted by Crippen LogP contribution is -2.31. The van der Waals surface area contributed by atoms with E-state index in [4.69, 9.17) is 10.8 Å². The van der Waals surface area contributed by atoms with Crippen LogP contribution in [-0.2, 0) is 10.2 Å². The van der Waals surface area contributed by atoms with Crippen molar-refractivity contribution in [1.82, 2.24) is 0 Å². The molecule has 1 fully saturated rings. The fourth-order valence-corrected chi connectivity index (χ4v) is 2.51. The number of halogens is 1. The van der Waals surface area contributed by atoms with Crippen molar-refractivity contribution >= 4 is 21.8 Å². The van der Waals surface area contributed by atoms with Gasteiger partial charge < -0.3 is 10.8 Å². The molecule has 1 aromatic rings. The number of hydrogen-bond acceptors (Lipinski definition) is 2. The molecule has 2 atom stereocenters. The Hall–Kier alpha value is -0.870. The lowest BCUT2D eigenvalue weighted by atomic mass is 9.93. The van der Waals surface area contributed by atoms with Gasteiger partial charge in [-0.3, -0.25) is 4.79 Å².